The molecule has 0 saturated carbocycles. The van der Waals surface area contributed by atoms with Crippen molar-refractivity contribution in [1.29, 1.82) is 0 Å². The van der Waals surface area contributed by atoms with Crippen LogP contribution in [0.4, 0.5) is 5.69 Å². The van der Waals surface area contributed by atoms with E-state index in [1.54, 1.807) is 6.92 Å². The van der Waals surface area contributed by atoms with Crippen LogP contribution in [-0.4, -0.2) is 21.0 Å². The van der Waals surface area contributed by atoms with Gasteiger partial charge in [-0.15, -0.1) is 0 Å². The number of nitrogens with one attached hydrogen (secondary N) is 3. The van der Waals surface area contributed by atoms with Gasteiger partial charge in [0.1, 0.15) is 6.17 Å². The van der Waals surface area contributed by atoms with Crippen molar-refractivity contribution in [2.75, 3.05) is 5.32 Å². The normalized spacial score (nSPS) is 12.5. The van der Waals surface area contributed by atoms with Gasteiger partial charge < -0.3 is 16.0 Å². The van der Waals surface area contributed by atoms with Crippen molar-refractivity contribution >= 4 is 63.7 Å². The molecule has 122 valence electrons. The van der Waals surface area contributed by atoms with Crippen molar-refractivity contribution in [3.63, 3.8) is 0 Å². The summed E-state index contributed by atoms with van der Waals surface area (Å²) in [6, 6.07) is 5.90. The standard InChI is InChI=1S/C14H18Cl3N3OS/c1-4-11(21)19-12(14(15,16)17)20-13(22)18-10-6-5-8(2)7-9(10)3/h5-7,12H,4H2,1-3H3,(H,19,21)(H2,18,20,22). The summed E-state index contributed by atoms with van der Waals surface area (Å²) in [5.41, 5.74) is 3.02. The zero-order chi connectivity index (χ0) is 16.9. The molecule has 0 saturated heterocycles. The molecular formula is C14H18Cl3N3OS. The quantitative estimate of drug-likeness (QED) is 0.421. The van der Waals surface area contributed by atoms with Gasteiger partial charge in [-0.05, 0) is 37.7 Å². The SMILES string of the molecule is CCC(=O)NC(NC(=S)Nc1ccc(C)cc1C)C(Cl)(Cl)Cl. The Bertz CT molecular complexity index is 561. The maximum absolute atomic E-state index is 11.5. The van der Waals surface area contributed by atoms with E-state index in [1.807, 2.05) is 32.0 Å². The number of amides is 1. The molecule has 0 aliphatic rings. The molecule has 1 aromatic carbocycles. The Balaban J connectivity index is 2.76. The highest BCUT2D eigenvalue weighted by molar-refractivity contribution is 7.80. The maximum atomic E-state index is 11.5. The number of thiocarbonyl (C=S) groups is 1. The van der Waals surface area contributed by atoms with E-state index in [-0.39, 0.29) is 17.4 Å². The van der Waals surface area contributed by atoms with E-state index in [9.17, 15) is 4.79 Å². The molecule has 4 nitrogen and oxygen atoms in total. The smallest absolute Gasteiger partial charge is 0.228 e. The lowest BCUT2D eigenvalue weighted by Crippen LogP contribution is -2.56. The first-order valence-electron chi connectivity index (χ1n) is 6.64. The van der Waals surface area contributed by atoms with Gasteiger partial charge >= 0.3 is 0 Å². The average molecular weight is 383 g/mol. The summed E-state index contributed by atoms with van der Waals surface area (Å²) >= 11 is 22.8. The van der Waals surface area contributed by atoms with Gasteiger partial charge in [0.25, 0.3) is 0 Å². The lowest BCUT2D eigenvalue weighted by atomic mass is 10.1. The number of alkyl halides is 3. The number of rotatable bonds is 4. The van der Waals surface area contributed by atoms with Crippen LogP contribution in [0.1, 0.15) is 24.5 Å². The maximum Gasteiger partial charge on any atom is 0.228 e. The molecule has 22 heavy (non-hydrogen) atoms. The second kappa shape index (κ2) is 8.20. The van der Waals surface area contributed by atoms with Gasteiger partial charge in [0.2, 0.25) is 9.70 Å². The number of benzene rings is 1. The van der Waals surface area contributed by atoms with Gasteiger partial charge in [0.15, 0.2) is 5.11 Å². The molecule has 0 bridgehead atoms. The Hall–Kier alpha value is -0.750. The van der Waals surface area contributed by atoms with E-state index in [2.05, 4.69) is 16.0 Å². The molecule has 1 unspecified atom stereocenters. The first-order chi connectivity index (χ1) is 10.1. The Morgan fingerprint density at radius 3 is 2.41 bits per heavy atom. The van der Waals surface area contributed by atoms with Gasteiger partial charge in [-0.25, -0.2) is 0 Å². The monoisotopic (exact) mass is 381 g/mol. The Kier molecular flexibility index (Phi) is 7.19. The number of halogens is 3. The number of anilines is 1. The van der Waals surface area contributed by atoms with Crippen LogP contribution in [0.3, 0.4) is 0 Å². The zero-order valence-electron chi connectivity index (χ0n) is 12.5. The Morgan fingerprint density at radius 1 is 1.27 bits per heavy atom. The van der Waals surface area contributed by atoms with Crippen molar-refractivity contribution in [3.05, 3.63) is 29.3 Å². The minimum Gasteiger partial charge on any atom is -0.339 e. The number of carbonyl (C=O) groups is 1. The van der Waals surface area contributed by atoms with E-state index in [1.165, 1.54) is 0 Å². The molecule has 1 amide bonds. The molecule has 0 spiro atoms. The number of aryl methyl sites for hydroxylation is 2. The highest BCUT2D eigenvalue weighted by Gasteiger charge is 2.34. The molecule has 1 aromatic rings. The molecule has 0 aliphatic carbocycles. The predicted molar refractivity (Wildman–Crippen MR) is 97.8 cm³/mol. The number of carbonyl (C=O) groups excluding carboxylic acids is 1. The minimum absolute atomic E-state index is 0.250. The van der Waals surface area contributed by atoms with Crippen molar-refractivity contribution in [1.82, 2.24) is 10.6 Å². The summed E-state index contributed by atoms with van der Waals surface area (Å²) in [4.78, 5) is 11.5. The zero-order valence-corrected chi connectivity index (χ0v) is 15.6. The highest BCUT2D eigenvalue weighted by Crippen LogP contribution is 2.29. The topological polar surface area (TPSA) is 53.2 Å². The van der Waals surface area contributed by atoms with E-state index in [0.29, 0.717) is 0 Å². The van der Waals surface area contributed by atoms with Crippen LogP contribution in [0, 0.1) is 13.8 Å². The number of hydrogen-bond donors (Lipinski definition) is 3. The van der Waals surface area contributed by atoms with Crippen LogP contribution in [0.2, 0.25) is 0 Å². The van der Waals surface area contributed by atoms with Gasteiger partial charge in [0.05, 0.1) is 0 Å². The first kappa shape index (κ1) is 19.3. The first-order valence-corrected chi connectivity index (χ1v) is 8.18. The van der Waals surface area contributed by atoms with E-state index in [4.69, 9.17) is 47.0 Å². The summed E-state index contributed by atoms with van der Waals surface area (Å²) in [6.45, 7) is 5.67. The van der Waals surface area contributed by atoms with Gasteiger partial charge in [0, 0.05) is 12.1 Å². The summed E-state index contributed by atoms with van der Waals surface area (Å²) in [7, 11) is 0. The lowest BCUT2D eigenvalue weighted by Gasteiger charge is -2.27. The second-order valence-corrected chi connectivity index (χ2v) is 7.59. The molecule has 0 aliphatic heterocycles. The Labute approximate surface area is 150 Å². The van der Waals surface area contributed by atoms with Crippen molar-refractivity contribution in [3.8, 4) is 0 Å². The minimum atomic E-state index is -1.74. The van der Waals surface area contributed by atoms with Crippen molar-refractivity contribution in [2.45, 2.75) is 37.2 Å². The van der Waals surface area contributed by atoms with Crippen LogP contribution >= 0.6 is 47.0 Å². The fourth-order valence-electron chi connectivity index (χ4n) is 1.71. The molecule has 8 heteroatoms. The van der Waals surface area contributed by atoms with Crippen LogP contribution in [0.25, 0.3) is 0 Å². The van der Waals surface area contributed by atoms with Gasteiger partial charge in [-0.2, -0.15) is 0 Å². The summed E-state index contributed by atoms with van der Waals surface area (Å²) in [5.74, 6) is -0.252. The predicted octanol–water partition coefficient (Wildman–Crippen LogP) is 3.81. The van der Waals surface area contributed by atoms with Crippen LogP contribution in [-0.2, 0) is 4.79 Å². The molecule has 0 aromatic heterocycles. The fourth-order valence-corrected chi connectivity index (χ4v) is 2.26. The summed E-state index contributed by atoms with van der Waals surface area (Å²) < 4.78 is -1.74. The van der Waals surface area contributed by atoms with E-state index < -0.39 is 9.96 Å². The van der Waals surface area contributed by atoms with Gasteiger partial charge in [-0.3, -0.25) is 4.79 Å². The van der Waals surface area contributed by atoms with E-state index in [0.717, 1.165) is 16.8 Å². The molecule has 1 atom stereocenters. The average Bonchev–Trinajstić information content (AvgIpc) is 2.40. The summed E-state index contributed by atoms with van der Waals surface area (Å²) in [6.07, 6.45) is -0.661. The van der Waals surface area contributed by atoms with Crippen molar-refractivity contribution in [2.24, 2.45) is 0 Å². The molecular weight excluding hydrogens is 365 g/mol. The summed E-state index contributed by atoms with van der Waals surface area (Å²) in [5, 5.41) is 8.65. The number of hydrogen-bond acceptors (Lipinski definition) is 2. The van der Waals surface area contributed by atoms with Crippen molar-refractivity contribution < 1.29 is 4.79 Å². The molecule has 1 rings (SSSR count). The van der Waals surface area contributed by atoms with Crippen LogP contribution in [0.15, 0.2) is 18.2 Å². The highest BCUT2D eigenvalue weighted by atomic mass is 35.6. The lowest BCUT2D eigenvalue weighted by molar-refractivity contribution is -0.121. The third-order valence-electron chi connectivity index (χ3n) is 2.86. The second-order valence-electron chi connectivity index (χ2n) is 4.81. The largest absolute Gasteiger partial charge is 0.339 e. The van der Waals surface area contributed by atoms with Crippen LogP contribution < -0.4 is 16.0 Å². The Morgan fingerprint density at radius 2 is 1.91 bits per heavy atom. The third-order valence-corrected chi connectivity index (χ3v) is 3.73. The van der Waals surface area contributed by atoms with Gasteiger partial charge in [-0.1, -0.05) is 59.4 Å². The van der Waals surface area contributed by atoms with E-state index >= 15 is 0 Å². The van der Waals surface area contributed by atoms with Crippen LogP contribution in [0.5, 0.6) is 0 Å². The molecule has 0 heterocycles. The molecule has 0 radical (unpaired) electrons. The fraction of sp³-hybridized carbons (Fsp3) is 0.429. The molecule has 3 N–H and O–H groups in total. The molecule has 0 fully saturated rings. The third kappa shape index (κ3) is 6.16.